The van der Waals surface area contributed by atoms with Crippen molar-refractivity contribution < 1.29 is 13.9 Å². The fourth-order valence-corrected chi connectivity index (χ4v) is 3.92. The van der Waals surface area contributed by atoms with E-state index in [0.717, 1.165) is 30.8 Å². The smallest absolute Gasteiger partial charge is 0.223 e. The SMILES string of the molecule is COc1cc(C)c2c(c1C)C[C@H](C(C)C(=O)NCc1ccco1)CC2. The molecule has 1 aliphatic carbocycles. The molecule has 0 saturated heterocycles. The number of fused-ring (bicyclic) bond motifs is 1. The molecule has 2 aromatic rings. The second kappa shape index (κ2) is 7.34. The first-order valence-electron chi connectivity index (χ1n) is 8.97. The Hall–Kier alpha value is -2.23. The average Bonchev–Trinajstić information content (AvgIpc) is 3.15. The number of benzene rings is 1. The molecule has 4 heteroatoms. The molecule has 1 aromatic heterocycles. The molecule has 3 rings (SSSR count). The number of rotatable bonds is 5. The van der Waals surface area contributed by atoms with Gasteiger partial charge in [-0.2, -0.15) is 0 Å². The Morgan fingerprint density at radius 1 is 1.40 bits per heavy atom. The van der Waals surface area contributed by atoms with Crippen LogP contribution in [0.25, 0.3) is 0 Å². The minimum absolute atomic E-state index is 0.0194. The molecule has 0 bridgehead atoms. The zero-order valence-corrected chi connectivity index (χ0v) is 15.5. The Morgan fingerprint density at radius 2 is 2.20 bits per heavy atom. The van der Waals surface area contributed by atoms with Gasteiger partial charge in [0.25, 0.3) is 0 Å². The fraction of sp³-hybridized carbons (Fsp3) is 0.476. The Morgan fingerprint density at radius 3 is 2.88 bits per heavy atom. The van der Waals surface area contributed by atoms with E-state index >= 15 is 0 Å². The van der Waals surface area contributed by atoms with Gasteiger partial charge in [0.1, 0.15) is 11.5 Å². The summed E-state index contributed by atoms with van der Waals surface area (Å²) in [4.78, 5) is 12.5. The molecule has 1 unspecified atom stereocenters. The summed E-state index contributed by atoms with van der Waals surface area (Å²) in [5.74, 6) is 2.17. The third-order valence-electron chi connectivity index (χ3n) is 5.60. The van der Waals surface area contributed by atoms with Crippen molar-refractivity contribution >= 4 is 5.91 Å². The van der Waals surface area contributed by atoms with Crippen molar-refractivity contribution in [1.82, 2.24) is 5.32 Å². The molecule has 25 heavy (non-hydrogen) atoms. The van der Waals surface area contributed by atoms with Crippen LogP contribution in [0.1, 0.15) is 41.4 Å². The molecule has 1 aliphatic rings. The summed E-state index contributed by atoms with van der Waals surface area (Å²) in [6.07, 6.45) is 4.65. The van der Waals surface area contributed by atoms with E-state index in [9.17, 15) is 4.79 Å². The van der Waals surface area contributed by atoms with Crippen LogP contribution in [0, 0.1) is 25.7 Å². The summed E-state index contributed by atoms with van der Waals surface area (Å²) in [6.45, 7) is 6.77. The lowest BCUT2D eigenvalue weighted by Crippen LogP contribution is -2.35. The first kappa shape index (κ1) is 17.6. The monoisotopic (exact) mass is 341 g/mol. The number of carbonyl (C=O) groups excluding carboxylic acids is 1. The number of ether oxygens (including phenoxy) is 1. The van der Waals surface area contributed by atoms with Crippen molar-refractivity contribution in [3.63, 3.8) is 0 Å². The first-order valence-corrected chi connectivity index (χ1v) is 8.97. The van der Waals surface area contributed by atoms with Gasteiger partial charge in [0.05, 0.1) is 19.9 Å². The Kier molecular flexibility index (Phi) is 5.16. The van der Waals surface area contributed by atoms with Crippen LogP contribution in [0.5, 0.6) is 5.75 Å². The van der Waals surface area contributed by atoms with Gasteiger partial charge < -0.3 is 14.5 Å². The van der Waals surface area contributed by atoms with E-state index in [2.05, 4.69) is 25.2 Å². The molecule has 0 radical (unpaired) electrons. The Labute approximate surface area is 149 Å². The van der Waals surface area contributed by atoms with Gasteiger partial charge in [-0.05, 0) is 79.5 Å². The predicted octanol–water partition coefficient (Wildman–Crippen LogP) is 3.96. The lowest BCUT2D eigenvalue weighted by Gasteiger charge is -2.31. The molecule has 2 atom stereocenters. The maximum atomic E-state index is 12.5. The van der Waals surface area contributed by atoms with Crippen LogP contribution in [-0.2, 0) is 24.2 Å². The minimum atomic E-state index is -0.0194. The zero-order chi connectivity index (χ0) is 18.0. The van der Waals surface area contributed by atoms with Gasteiger partial charge in [0, 0.05) is 5.92 Å². The number of hydrogen-bond acceptors (Lipinski definition) is 3. The summed E-state index contributed by atoms with van der Waals surface area (Å²) in [5, 5.41) is 3.00. The third-order valence-corrected chi connectivity index (χ3v) is 5.60. The summed E-state index contributed by atoms with van der Waals surface area (Å²) in [6, 6.07) is 5.84. The minimum Gasteiger partial charge on any atom is -0.496 e. The third kappa shape index (κ3) is 3.58. The van der Waals surface area contributed by atoms with Gasteiger partial charge >= 0.3 is 0 Å². The van der Waals surface area contributed by atoms with Crippen molar-refractivity contribution in [3.8, 4) is 5.75 Å². The molecule has 134 valence electrons. The molecule has 1 N–H and O–H groups in total. The van der Waals surface area contributed by atoms with Crippen LogP contribution < -0.4 is 10.1 Å². The van der Waals surface area contributed by atoms with Crippen LogP contribution in [0.4, 0.5) is 0 Å². The lowest BCUT2D eigenvalue weighted by atomic mass is 9.74. The van der Waals surface area contributed by atoms with Gasteiger partial charge in [0.2, 0.25) is 5.91 Å². The first-order chi connectivity index (χ1) is 12.0. The molecule has 1 heterocycles. The Balaban J connectivity index is 1.71. The largest absolute Gasteiger partial charge is 0.496 e. The van der Waals surface area contributed by atoms with E-state index in [1.165, 1.54) is 22.3 Å². The maximum Gasteiger partial charge on any atom is 0.223 e. The van der Waals surface area contributed by atoms with Crippen molar-refractivity contribution in [2.45, 2.75) is 46.6 Å². The van der Waals surface area contributed by atoms with Gasteiger partial charge in [0.15, 0.2) is 0 Å². The molecule has 1 amide bonds. The van der Waals surface area contributed by atoms with Crippen LogP contribution in [0.3, 0.4) is 0 Å². The van der Waals surface area contributed by atoms with E-state index in [1.54, 1.807) is 13.4 Å². The highest BCUT2D eigenvalue weighted by molar-refractivity contribution is 5.78. The molecule has 0 fully saturated rings. The van der Waals surface area contributed by atoms with E-state index < -0.39 is 0 Å². The summed E-state index contributed by atoms with van der Waals surface area (Å²) >= 11 is 0. The number of furan rings is 1. The zero-order valence-electron chi connectivity index (χ0n) is 15.5. The maximum absolute atomic E-state index is 12.5. The van der Waals surface area contributed by atoms with Crippen molar-refractivity contribution in [3.05, 3.63) is 52.5 Å². The standard InChI is InChI=1S/C21H27NO3/c1-13-10-20(24-4)15(3)19-11-16(7-8-18(13)19)14(2)21(23)22-12-17-6-5-9-25-17/h5-6,9-10,14,16H,7-8,11-12H2,1-4H3,(H,22,23)/t14?,16-/m1/s1. The van der Waals surface area contributed by atoms with E-state index in [4.69, 9.17) is 9.15 Å². The quantitative estimate of drug-likeness (QED) is 0.895. The Bertz CT molecular complexity index is 749. The van der Waals surface area contributed by atoms with E-state index in [1.807, 2.05) is 19.1 Å². The predicted molar refractivity (Wildman–Crippen MR) is 97.7 cm³/mol. The molecular formula is C21H27NO3. The van der Waals surface area contributed by atoms with Crippen LogP contribution >= 0.6 is 0 Å². The van der Waals surface area contributed by atoms with Gasteiger partial charge in [-0.1, -0.05) is 6.92 Å². The fourth-order valence-electron chi connectivity index (χ4n) is 3.92. The van der Waals surface area contributed by atoms with Gasteiger partial charge in [-0.3, -0.25) is 4.79 Å². The lowest BCUT2D eigenvalue weighted by molar-refractivity contribution is -0.126. The van der Waals surface area contributed by atoms with Crippen LogP contribution in [-0.4, -0.2) is 13.0 Å². The summed E-state index contributed by atoms with van der Waals surface area (Å²) in [5.41, 5.74) is 5.33. The second-order valence-electron chi connectivity index (χ2n) is 7.07. The summed E-state index contributed by atoms with van der Waals surface area (Å²) in [7, 11) is 1.72. The molecule has 0 spiro atoms. The topological polar surface area (TPSA) is 51.5 Å². The van der Waals surface area contributed by atoms with Gasteiger partial charge in [-0.25, -0.2) is 0 Å². The van der Waals surface area contributed by atoms with E-state index in [-0.39, 0.29) is 11.8 Å². The number of hydrogen-bond donors (Lipinski definition) is 1. The highest BCUT2D eigenvalue weighted by Gasteiger charge is 2.30. The highest BCUT2D eigenvalue weighted by atomic mass is 16.5. The van der Waals surface area contributed by atoms with Crippen molar-refractivity contribution in [2.24, 2.45) is 11.8 Å². The number of nitrogens with one attached hydrogen (secondary N) is 1. The van der Waals surface area contributed by atoms with Gasteiger partial charge in [-0.15, -0.1) is 0 Å². The molecule has 0 aliphatic heterocycles. The number of carbonyl (C=O) groups is 1. The van der Waals surface area contributed by atoms with Crippen LogP contribution in [0.2, 0.25) is 0 Å². The highest BCUT2D eigenvalue weighted by Crippen LogP contribution is 2.37. The second-order valence-corrected chi connectivity index (χ2v) is 7.07. The molecular weight excluding hydrogens is 314 g/mol. The van der Waals surface area contributed by atoms with Crippen molar-refractivity contribution in [1.29, 1.82) is 0 Å². The molecule has 1 aromatic carbocycles. The van der Waals surface area contributed by atoms with E-state index in [0.29, 0.717) is 12.5 Å². The normalized spacial score (nSPS) is 17.7. The summed E-state index contributed by atoms with van der Waals surface area (Å²) < 4.78 is 10.8. The molecule has 4 nitrogen and oxygen atoms in total. The van der Waals surface area contributed by atoms with Crippen LogP contribution in [0.15, 0.2) is 28.9 Å². The number of methoxy groups -OCH3 is 1. The number of aryl methyl sites for hydroxylation is 1. The number of amides is 1. The molecule has 0 saturated carbocycles. The van der Waals surface area contributed by atoms with Crippen molar-refractivity contribution in [2.75, 3.05) is 7.11 Å². The average molecular weight is 341 g/mol.